The highest BCUT2D eigenvalue weighted by Gasteiger charge is 2.29. The number of aryl methyl sites for hydroxylation is 1. The SMILES string of the molecule is O=C(NCc1cc(C2CC2)n[nH]1)N1CCN(C2CCc3ccccc3C2)CC1. The minimum atomic E-state index is 0.0382. The molecule has 1 aromatic carbocycles. The number of benzene rings is 1. The van der Waals surface area contributed by atoms with Gasteiger partial charge in [0.2, 0.25) is 0 Å². The lowest BCUT2D eigenvalue weighted by atomic mass is 9.87. The van der Waals surface area contributed by atoms with Gasteiger partial charge in [-0.3, -0.25) is 10.00 Å². The zero-order chi connectivity index (χ0) is 18.9. The van der Waals surface area contributed by atoms with Crippen LogP contribution in [0, 0.1) is 0 Å². The largest absolute Gasteiger partial charge is 0.332 e. The number of carbonyl (C=O) groups is 1. The van der Waals surface area contributed by atoms with E-state index in [0.717, 1.165) is 44.0 Å². The van der Waals surface area contributed by atoms with E-state index in [1.54, 1.807) is 0 Å². The van der Waals surface area contributed by atoms with Gasteiger partial charge in [0.15, 0.2) is 0 Å². The summed E-state index contributed by atoms with van der Waals surface area (Å²) in [5.74, 6) is 0.639. The molecule has 1 aliphatic heterocycles. The molecule has 1 saturated carbocycles. The lowest BCUT2D eigenvalue weighted by Crippen LogP contribution is -2.55. The Balaban J connectivity index is 1.09. The summed E-state index contributed by atoms with van der Waals surface area (Å²) in [4.78, 5) is 17.1. The van der Waals surface area contributed by atoms with Crippen LogP contribution >= 0.6 is 0 Å². The predicted octanol–water partition coefficient (Wildman–Crippen LogP) is 2.67. The first-order valence-electron chi connectivity index (χ1n) is 10.6. The van der Waals surface area contributed by atoms with Crippen LogP contribution in [0.2, 0.25) is 0 Å². The normalized spacial score (nSPS) is 22.7. The van der Waals surface area contributed by atoms with E-state index in [4.69, 9.17) is 0 Å². The summed E-state index contributed by atoms with van der Waals surface area (Å²) >= 11 is 0. The van der Waals surface area contributed by atoms with E-state index >= 15 is 0 Å². The molecule has 1 unspecified atom stereocenters. The lowest BCUT2D eigenvalue weighted by Gasteiger charge is -2.41. The molecule has 6 nitrogen and oxygen atoms in total. The molecule has 0 spiro atoms. The van der Waals surface area contributed by atoms with Crippen molar-refractivity contribution >= 4 is 6.03 Å². The number of carbonyl (C=O) groups excluding carboxylic acids is 1. The van der Waals surface area contributed by atoms with Crippen molar-refractivity contribution in [3.63, 3.8) is 0 Å². The molecule has 3 aliphatic rings. The van der Waals surface area contributed by atoms with Crippen LogP contribution in [0.4, 0.5) is 4.79 Å². The van der Waals surface area contributed by atoms with Gasteiger partial charge in [-0.25, -0.2) is 4.79 Å². The second-order valence-electron chi connectivity index (χ2n) is 8.44. The Morgan fingerprint density at radius 3 is 2.68 bits per heavy atom. The fourth-order valence-corrected chi connectivity index (χ4v) is 4.62. The van der Waals surface area contributed by atoms with Crippen molar-refractivity contribution in [1.29, 1.82) is 0 Å². The highest BCUT2D eigenvalue weighted by molar-refractivity contribution is 5.74. The smallest absolute Gasteiger partial charge is 0.317 e. The number of urea groups is 1. The van der Waals surface area contributed by atoms with Crippen molar-refractivity contribution < 1.29 is 4.79 Å². The molecule has 2 N–H and O–H groups in total. The first-order chi connectivity index (χ1) is 13.8. The Bertz CT molecular complexity index is 835. The van der Waals surface area contributed by atoms with Crippen molar-refractivity contribution in [2.24, 2.45) is 0 Å². The first-order valence-corrected chi connectivity index (χ1v) is 10.6. The molecule has 2 aliphatic carbocycles. The number of nitrogens with zero attached hydrogens (tertiary/aromatic N) is 3. The highest BCUT2D eigenvalue weighted by Crippen LogP contribution is 2.38. The van der Waals surface area contributed by atoms with E-state index in [-0.39, 0.29) is 6.03 Å². The van der Waals surface area contributed by atoms with Crippen molar-refractivity contribution in [2.75, 3.05) is 26.2 Å². The molecule has 0 radical (unpaired) electrons. The van der Waals surface area contributed by atoms with E-state index in [9.17, 15) is 4.79 Å². The molecule has 1 atom stereocenters. The molecule has 0 bridgehead atoms. The van der Waals surface area contributed by atoms with Gasteiger partial charge in [-0.05, 0) is 49.3 Å². The fraction of sp³-hybridized carbons (Fsp3) is 0.545. The van der Waals surface area contributed by atoms with Gasteiger partial charge in [0.1, 0.15) is 0 Å². The van der Waals surface area contributed by atoms with Gasteiger partial charge < -0.3 is 10.2 Å². The highest BCUT2D eigenvalue weighted by atomic mass is 16.2. The quantitative estimate of drug-likeness (QED) is 0.858. The summed E-state index contributed by atoms with van der Waals surface area (Å²) in [6.07, 6.45) is 6.04. The van der Waals surface area contributed by atoms with Gasteiger partial charge in [-0.1, -0.05) is 24.3 Å². The van der Waals surface area contributed by atoms with Crippen LogP contribution in [0.15, 0.2) is 30.3 Å². The summed E-state index contributed by atoms with van der Waals surface area (Å²) in [5.41, 5.74) is 5.16. The topological polar surface area (TPSA) is 64.3 Å². The fourth-order valence-electron chi connectivity index (χ4n) is 4.62. The van der Waals surface area contributed by atoms with E-state index in [1.165, 1.54) is 36.8 Å². The van der Waals surface area contributed by atoms with Gasteiger partial charge in [0.05, 0.1) is 17.9 Å². The van der Waals surface area contributed by atoms with E-state index in [2.05, 4.69) is 50.7 Å². The number of fused-ring (bicyclic) bond motifs is 1. The van der Waals surface area contributed by atoms with Crippen molar-refractivity contribution in [1.82, 2.24) is 25.3 Å². The van der Waals surface area contributed by atoms with Crippen LogP contribution in [-0.4, -0.2) is 58.2 Å². The van der Waals surface area contributed by atoms with Crippen LogP contribution in [0.1, 0.15) is 47.7 Å². The summed E-state index contributed by atoms with van der Waals surface area (Å²) < 4.78 is 0. The third kappa shape index (κ3) is 3.78. The zero-order valence-corrected chi connectivity index (χ0v) is 16.4. The van der Waals surface area contributed by atoms with Crippen LogP contribution in [0.5, 0.6) is 0 Å². The molecule has 6 heteroatoms. The van der Waals surface area contributed by atoms with Crippen LogP contribution in [-0.2, 0) is 19.4 Å². The minimum Gasteiger partial charge on any atom is -0.332 e. The van der Waals surface area contributed by atoms with E-state index < -0.39 is 0 Å². The molecule has 1 aromatic heterocycles. The maximum absolute atomic E-state index is 12.5. The maximum Gasteiger partial charge on any atom is 0.317 e. The maximum atomic E-state index is 12.5. The third-order valence-corrected chi connectivity index (χ3v) is 6.52. The molecule has 2 amide bonds. The molecule has 2 heterocycles. The number of rotatable bonds is 4. The Morgan fingerprint density at radius 2 is 1.89 bits per heavy atom. The monoisotopic (exact) mass is 379 g/mol. The number of aromatic nitrogens is 2. The molecule has 5 rings (SSSR count). The first kappa shape index (κ1) is 17.7. The number of hydrogen-bond donors (Lipinski definition) is 2. The second-order valence-corrected chi connectivity index (χ2v) is 8.44. The summed E-state index contributed by atoms with van der Waals surface area (Å²) in [5, 5.41) is 10.4. The van der Waals surface area contributed by atoms with Crippen molar-refractivity contribution in [3.05, 3.63) is 52.8 Å². The number of H-pyrrole nitrogens is 1. The molecule has 1 saturated heterocycles. The van der Waals surface area contributed by atoms with Gasteiger partial charge >= 0.3 is 6.03 Å². The number of aromatic amines is 1. The average Bonchev–Trinajstić information content (AvgIpc) is 3.50. The van der Waals surface area contributed by atoms with Gasteiger partial charge in [-0.15, -0.1) is 0 Å². The number of piperazine rings is 1. The minimum absolute atomic E-state index is 0.0382. The number of nitrogens with one attached hydrogen (secondary N) is 2. The van der Waals surface area contributed by atoms with Gasteiger partial charge in [0, 0.05) is 38.1 Å². The second kappa shape index (κ2) is 7.59. The molecule has 2 aromatic rings. The molecule has 148 valence electrons. The van der Waals surface area contributed by atoms with Crippen LogP contribution in [0.3, 0.4) is 0 Å². The van der Waals surface area contributed by atoms with E-state index in [1.807, 2.05) is 4.90 Å². The van der Waals surface area contributed by atoms with Crippen LogP contribution < -0.4 is 5.32 Å². The third-order valence-electron chi connectivity index (χ3n) is 6.52. The summed E-state index contributed by atoms with van der Waals surface area (Å²) in [6, 6.07) is 11.6. The molecular weight excluding hydrogens is 350 g/mol. The Hall–Kier alpha value is -2.34. The standard InChI is InChI=1S/C22H29N5O/c28-22(23-15-19-14-21(25-24-19)17-5-6-17)27-11-9-26(10-12-27)20-8-7-16-3-1-2-4-18(16)13-20/h1-4,14,17,20H,5-13,15H2,(H,23,28)(H,24,25). The van der Waals surface area contributed by atoms with Gasteiger partial charge in [-0.2, -0.15) is 5.10 Å². The predicted molar refractivity (Wildman–Crippen MR) is 108 cm³/mol. The molecule has 2 fully saturated rings. The zero-order valence-electron chi connectivity index (χ0n) is 16.4. The number of amides is 2. The Kier molecular flexibility index (Phi) is 4.81. The van der Waals surface area contributed by atoms with Crippen molar-refractivity contribution in [2.45, 2.75) is 50.6 Å². The molecule has 28 heavy (non-hydrogen) atoms. The van der Waals surface area contributed by atoms with Crippen LogP contribution in [0.25, 0.3) is 0 Å². The Labute approximate surface area is 166 Å². The van der Waals surface area contributed by atoms with Gasteiger partial charge in [0.25, 0.3) is 0 Å². The summed E-state index contributed by atoms with van der Waals surface area (Å²) in [6.45, 7) is 4.07. The number of hydrogen-bond acceptors (Lipinski definition) is 3. The molecular formula is C22H29N5O. The lowest BCUT2D eigenvalue weighted by molar-refractivity contribution is 0.101. The van der Waals surface area contributed by atoms with Crippen molar-refractivity contribution in [3.8, 4) is 0 Å². The van der Waals surface area contributed by atoms with E-state index in [0.29, 0.717) is 18.5 Å². The summed E-state index contributed by atoms with van der Waals surface area (Å²) in [7, 11) is 0. The average molecular weight is 380 g/mol. The Morgan fingerprint density at radius 1 is 1.11 bits per heavy atom.